The highest BCUT2D eigenvalue weighted by Crippen LogP contribution is 2.38. The van der Waals surface area contributed by atoms with E-state index in [2.05, 4.69) is 10.3 Å². The van der Waals surface area contributed by atoms with E-state index in [0.717, 1.165) is 11.3 Å². The molecule has 3 aromatic rings. The number of para-hydroxylation sites is 1. The molecule has 1 fully saturated rings. The highest BCUT2D eigenvalue weighted by Gasteiger charge is 2.68. The third-order valence-electron chi connectivity index (χ3n) is 4.30. The number of carbonyl (C=O) groups excluding carboxylic acids is 2. The van der Waals surface area contributed by atoms with Gasteiger partial charge in [0.05, 0.1) is 16.8 Å². The fourth-order valence-electron chi connectivity index (χ4n) is 2.92. The van der Waals surface area contributed by atoms with Gasteiger partial charge in [0, 0.05) is 0 Å². The number of nitrogens with zero attached hydrogens (tertiary/aromatic N) is 2. The van der Waals surface area contributed by atoms with Gasteiger partial charge in [-0.2, -0.15) is 13.2 Å². The maximum absolute atomic E-state index is 13.9. The SMILES string of the molecule is O=C1NC(Nc2nc3ccccc3s2)(C(F)(F)F)C(=O)N1Cc1ccccc1. The summed E-state index contributed by atoms with van der Waals surface area (Å²) in [6, 6.07) is 14.0. The van der Waals surface area contributed by atoms with Crippen LogP contribution in [-0.4, -0.2) is 33.7 Å². The van der Waals surface area contributed by atoms with E-state index in [0.29, 0.717) is 20.7 Å². The van der Waals surface area contributed by atoms with Crippen LogP contribution in [-0.2, 0) is 11.3 Å². The number of carbonyl (C=O) groups is 2. The first kappa shape index (κ1) is 18.2. The molecule has 0 radical (unpaired) electrons. The van der Waals surface area contributed by atoms with E-state index in [-0.39, 0.29) is 11.7 Å². The summed E-state index contributed by atoms with van der Waals surface area (Å²) in [5, 5.41) is 3.81. The summed E-state index contributed by atoms with van der Waals surface area (Å²) in [5.74, 6) is -1.42. The van der Waals surface area contributed by atoms with E-state index in [1.807, 2.05) is 0 Å². The van der Waals surface area contributed by atoms with Crippen LogP contribution >= 0.6 is 11.3 Å². The van der Waals surface area contributed by atoms with Crippen LogP contribution in [0.2, 0.25) is 0 Å². The molecule has 1 aliphatic heterocycles. The summed E-state index contributed by atoms with van der Waals surface area (Å²) in [6.45, 7) is -0.273. The first-order chi connectivity index (χ1) is 13.3. The number of nitrogens with one attached hydrogen (secondary N) is 2. The first-order valence-corrected chi connectivity index (χ1v) is 9.00. The van der Waals surface area contributed by atoms with Crippen molar-refractivity contribution in [2.75, 3.05) is 5.32 Å². The van der Waals surface area contributed by atoms with Crippen molar-refractivity contribution in [2.45, 2.75) is 18.4 Å². The number of hydrogen-bond acceptors (Lipinski definition) is 5. The number of fused-ring (bicyclic) bond motifs is 1. The summed E-state index contributed by atoms with van der Waals surface area (Å²) >= 11 is 0.963. The molecular weight excluding hydrogens is 393 g/mol. The lowest BCUT2D eigenvalue weighted by molar-refractivity contribution is -0.188. The van der Waals surface area contributed by atoms with Gasteiger partial charge in [-0.3, -0.25) is 15.0 Å². The van der Waals surface area contributed by atoms with Gasteiger partial charge < -0.3 is 5.32 Å². The fourth-order valence-corrected chi connectivity index (χ4v) is 3.84. The minimum absolute atomic E-state index is 0.117. The van der Waals surface area contributed by atoms with E-state index in [9.17, 15) is 22.8 Å². The average molecular weight is 406 g/mol. The number of amides is 3. The first-order valence-electron chi connectivity index (χ1n) is 8.19. The smallest absolute Gasteiger partial charge is 0.323 e. The summed E-state index contributed by atoms with van der Waals surface area (Å²) in [6.07, 6.45) is -5.08. The number of alkyl halides is 3. The van der Waals surface area contributed by atoms with Crippen LogP contribution in [0.5, 0.6) is 0 Å². The standard InChI is InChI=1S/C18H13F3N4O2S/c19-18(20,21)17(23-15-22-12-8-4-5-9-13(12)28-15)14(26)25(16(27)24-17)10-11-6-2-1-3-7-11/h1-9H,10H2,(H,22,23)(H,24,27). The summed E-state index contributed by atoms with van der Waals surface area (Å²) in [7, 11) is 0. The third-order valence-corrected chi connectivity index (χ3v) is 5.25. The van der Waals surface area contributed by atoms with Crippen molar-refractivity contribution in [3.8, 4) is 0 Å². The Hall–Kier alpha value is -3.14. The highest BCUT2D eigenvalue weighted by atomic mass is 32.1. The molecule has 0 spiro atoms. The molecule has 144 valence electrons. The van der Waals surface area contributed by atoms with Gasteiger partial charge in [0.25, 0.3) is 11.6 Å². The van der Waals surface area contributed by atoms with Crippen molar-refractivity contribution >= 4 is 38.6 Å². The van der Waals surface area contributed by atoms with Crippen LogP contribution in [0.4, 0.5) is 23.1 Å². The molecule has 1 saturated heterocycles. The number of rotatable bonds is 4. The molecule has 1 atom stereocenters. The normalized spacial score (nSPS) is 19.9. The van der Waals surface area contributed by atoms with Crippen molar-refractivity contribution in [3.63, 3.8) is 0 Å². The van der Waals surface area contributed by atoms with Gasteiger partial charge in [0.15, 0.2) is 5.13 Å². The summed E-state index contributed by atoms with van der Waals surface area (Å²) in [5.41, 5.74) is -2.25. The second-order valence-electron chi connectivity index (χ2n) is 6.17. The fraction of sp³-hybridized carbons (Fsp3) is 0.167. The van der Waals surface area contributed by atoms with Crippen molar-refractivity contribution in [1.29, 1.82) is 0 Å². The molecule has 0 aliphatic carbocycles. The molecule has 1 aromatic heterocycles. The zero-order valence-corrected chi connectivity index (χ0v) is 15.0. The predicted octanol–water partition coefficient (Wildman–Crippen LogP) is 3.72. The topological polar surface area (TPSA) is 74.3 Å². The van der Waals surface area contributed by atoms with Crippen LogP contribution in [0.15, 0.2) is 54.6 Å². The Morgan fingerprint density at radius 1 is 1.07 bits per heavy atom. The minimum Gasteiger partial charge on any atom is -0.323 e. The van der Waals surface area contributed by atoms with Crippen LogP contribution < -0.4 is 10.6 Å². The predicted molar refractivity (Wildman–Crippen MR) is 97.6 cm³/mol. The van der Waals surface area contributed by atoms with Crippen LogP contribution in [0.1, 0.15) is 5.56 Å². The van der Waals surface area contributed by atoms with Crippen molar-refractivity contribution in [3.05, 3.63) is 60.2 Å². The summed E-state index contributed by atoms with van der Waals surface area (Å²) in [4.78, 5) is 29.6. The second-order valence-corrected chi connectivity index (χ2v) is 7.20. The van der Waals surface area contributed by atoms with Gasteiger partial charge in [-0.05, 0) is 17.7 Å². The van der Waals surface area contributed by atoms with Crippen molar-refractivity contribution in [2.24, 2.45) is 0 Å². The van der Waals surface area contributed by atoms with Crippen LogP contribution in [0, 0.1) is 0 Å². The van der Waals surface area contributed by atoms with Crippen molar-refractivity contribution < 1.29 is 22.8 Å². The van der Waals surface area contributed by atoms with E-state index >= 15 is 0 Å². The lowest BCUT2D eigenvalue weighted by Crippen LogP contribution is -2.64. The molecular formula is C18H13F3N4O2S. The molecule has 0 bridgehead atoms. The van der Waals surface area contributed by atoms with Gasteiger partial charge in [0.2, 0.25) is 0 Å². The maximum atomic E-state index is 13.9. The molecule has 2 heterocycles. The molecule has 28 heavy (non-hydrogen) atoms. The van der Waals surface area contributed by atoms with Gasteiger partial charge >= 0.3 is 12.2 Å². The molecule has 4 rings (SSSR count). The van der Waals surface area contributed by atoms with Crippen LogP contribution in [0.3, 0.4) is 0 Å². The number of aromatic nitrogens is 1. The molecule has 0 saturated carbocycles. The molecule has 1 unspecified atom stereocenters. The zero-order chi connectivity index (χ0) is 19.9. The Kier molecular flexibility index (Phi) is 4.22. The average Bonchev–Trinajstić information content (AvgIpc) is 3.16. The Balaban J connectivity index is 1.69. The summed E-state index contributed by atoms with van der Waals surface area (Å²) < 4.78 is 42.5. The molecule has 2 N–H and O–H groups in total. The molecule has 3 amide bonds. The lowest BCUT2D eigenvalue weighted by atomic mass is 10.1. The second kappa shape index (κ2) is 6.48. The van der Waals surface area contributed by atoms with Crippen LogP contribution in [0.25, 0.3) is 10.2 Å². The van der Waals surface area contributed by atoms with E-state index in [1.165, 1.54) is 0 Å². The largest absolute Gasteiger partial charge is 0.440 e. The number of urea groups is 1. The third kappa shape index (κ3) is 2.95. The van der Waals surface area contributed by atoms with Gasteiger partial charge in [-0.1, -0.05) is 53.8 Å². The molecule has 1 aliphatic rings. The number of thiazole rings is 1. The van der Waals surface area contributed by atoms with Gasteiger partial charge in [-0.25, -0.2) is 9.78 Å². The monoisotopic (exact) mass is 406 g/mol. The lowest BCUT2D eigenvalue weighted by Gasteiger charge is -2.29. The highest BCUT2D eigenvalue weighted by molar-refractivity contribution is 7.22. The Morgan fingerprint density at radius 2 is 1.75 bits per heavy atom. The van der Waals surface area contributed by atoms with Crippen molar-refractivity contribution in [1.82, 2.24) is 15.2 Å². The molecule has 2 aromatic carbocycles. The Morgan fingerprint density at radius 3 is 2.43 bits per heavy atom. The molecule has 6 nitrogen and oxygen atoms in total. The van der Waals surface area contributed by atoms with E-state index in [1.54, 1.807) is 59.9 Å². The quantitative estimate of drug-likeness (QED) is 0.648. The van der Waals surface area contributed by atoms with Gasteiger partial charge in [-0.15, -0.1) is 0 Å². The number of halogens is 3. The number of imide groups is 1. The number of benzene rings is 2. The number of hydrogen-bond donors (Lipinski definition) is 2. The molecule has 10 heteroatoms. The van der Waals surface area contributed by atoms with E-state index < -0.39 is 23.8 Å². The zero-order valence-electron chi connectivity index (χ0n) is 14.2. The Labute approximate surface area is 161 Å². The minimum atomic E-state index is -5.08. The van der Waals surface area contributed by atoms with E-state index in [4.69, 9.17) is 0 Å². The number of anilines is 1. The Bertz CT molecular complexity index is 1020. The maximum Gasteiger partial charge on any atom is 0.440 e. The van der Waals surface area contributed by atoms with Gasteiger partial charge in [0.1, 0.15) is 0 Å².